The van der Waals surface area contributed by atoms with Crippen LogP contribution in [0.3, 0.4) is 0 Å². The van der Waals surface area contributed by atoms with E-state index in [9.17, 15) is 0 Å². The molecule has 5 nitrogen and oxygen atoms in total. The summed E-state index contributed by atoms with van der Waals surface area (Å²) in [5.74, 6) is 1.94. The molecule has 1 aromatic rings. The van der Waals surface area contributed by atoms with E-state index in [0.717, 1.165) is 38.3 Å². The molecule has 0 spiro atoms. The van der Waals surface area contributed by atoms with Crippen LogP contribution in [0.2, 0.25) is 0 Å². The van der Waals surface area contributed by atoms with Crippen molar-refractivity contribution in [2.24, 2.45) is 0 Å². The summed E-state index contributed by atoms with van der Waals surface area (Å²) >= 11 is 0. The minimum Gasteiger partial charge on any atom is -0.381 e. The molecule has 1 aliphatic heterocycles. The van der Waals surface area contributed by atoms with E-state index >= 15 is 0 Å². The Kier molecular flexibility index (Phi) is 4.50. The van der Waals surface area contributed by atoms with Crippen LogP contribution in [-0.4, -0.2) is 29.4 Å². The Hall–Kier alpha value is -0.940. The molecule has 1 atom stereocenters. The van der Waals surface area contributed by atoms with Crippen molar-refractivity contribution in [1.82, 2.24) is 15.5 Å². The molecule has 1 N–H and O–H groups in total. The van der Waals surface area contributed by atoms with Crippen molar-refractivity contribution in [3.8, 4) is 0 Å². The number of hydrogen-bond donors (Lipinski definition) is 1. The Morgan fingerprint density at radius 2 is 2.18 bits per heavy atom. The molecule has 5 heteroatoms. The lowest BCUT2D eigenvalue weighted by molar-refractivity contribution is 0.0830. The van der Waals surface area contributed by atoms with E-state index in [1.807, 2.05) is 0 Å². The average Bonchev–Trinajstić information content (AvgIpc) is 2.86. The first kappa shape index (κ1) is 12.5. The van der Waals surface area contributed by atoms with Crippen molar-refractivity contribution in [2.75, 3.05) is 13.2 Å². The normalized spacial score (nSPS) is 19.4. The van der Waals surface area contributed by atoms with E-state index in [4.69, 9.17) is 9.26 Å². The van der Waals surface area contributed by atoms with Crippen LogP contribution < -0.4 is 5.32 Å². The lowest BCUT2D eigenvalue weighted by Crippen LogP contribution is -2.24. The molecule has 1 saturated heterocycles. The van der Waals surface area contributed by atoms with Gasteiger partial charge in [-0.3, -0.25) is 0 Å². The maximum absolute atomic E-state index is 5.32. The summed E-state index contributed by atoms with van der Waals surface area (Å²) in [6.07, 6.45) is 3.09. The Labute approximate surface area is 102 Å². The fourth-order valence-electron chi connectivity index (χ4n) is 1.87. The van der Waals surface area contributed by atoms with Crippen LogP contribution in [0.5, 0.6) is 0 Å². The number of nitrogens with zero attached hydrogens (tertiary/aromatic N) is 2. The zero-order chi connectivity index (χ0) is 12.1. The van der Waals surface area contributed by atoms with Crippen molar-refractivity contribution < 1.29 is 9.26 Å². The summed E-state index contributed by atoms with van der Waals surface area (Å²) in [6, 6.07) is 0.480. The minimum atomic E-state index is 0.407. The summed E-state index contributed by atoms with van der Waals surface area (Å²) in [6.45, 7) is 6.57. The van der Waals surface area contributed by atoms with Gasteiger partial charge in [0, 0.05) is 25.2 Å². The van der Waals surface area contributed by atoms with Crippen LogP contribution in [-0.2, 0) is 11.3 Å². The second-order valence-electron chi connectivity index (χ2n) is 4.62. The molecule has 2 heterocycles. The zero-order valence-corrected chi connectivity index (χ0v) is 10.6. The topological polar surface area (TPSA) is 60.2 Å². The third-order valence-corrected chi connectivity index (χ3v) is 3.28. The average molecular weight is 239 g/mol. The highest BCUT2D eigenvalue weighted by Gasteiger charge is 2.21. The van der Waals surface area contributed by atoms with Gasteiger partial charge in [0.05, 0.1) is 6.54 Å². The van der Waals surface area contributed by atoms with Gasteiger partial charge < -0.3 is 14.6 Å². The van der Waals surface area contributed by atoms with Crippen molar-refractivity contribution in [1.29, 1.82) is 0 Å². The number of rotatable bonds is 5. The highest BCUT2D eigenvalue weighted by molar-refractivity contribution is 4.96. The van der Waals surface area contributed by atoms with E-state index in [1.54, 1.807) is 0 Å². The number of hydrogen-bond acceptors (Lipinski definition) is 5. The SMILES string of the molecule is CCC(C)NCc1nc(C2CCOCC2)no1. The van der Waals surface area contributed by atoms with Gasteiger partial charge >= 0.3 is 0 Å². The fraction of sp³-hybridized carbons (Fsp3) is 0.833. The van der Waals surface area contributed by atoms with Gasteiger partial charge in [-0.25, -0.2) is 0 Å². The van der Waals surface area contributed by atoms with Crippen LogP contribution in [0, 0.1) is 0 Å². The van der Waals surface area contributed by atoms with Crippen molar-refractivity contribution in [3.05, 3.63) is 11.7 Å². The first-order valence-corrected chi connectivity index (χ1v) is 6.43. The van der Waals surface area contributed by atoms with Gasteiger partial charge in [0.25, 0.3) is 0 Å². The quantitative estimate of drug-likeness (QED) is 0.849. The third kappa shape index (κ3) is 3.51. The Morgan fingerprint density at radius 3 is 2.88 bits per heavy atom. The molecule has 0 amide bonds. The lowest BCUT2D eigenvalue weighted by atomic mass is 10.00. The lowest BCUT2D eigenvalue weighted by Gasteiger charge is -2.18. The molecule has 1 fully saturated rings. The highest BCUT2D eigenvalue weighted by atomic mass is 16.5. The Morgan fingerprint density at radius 1 is 1.41 bits per heavy atom. The first-order valence-electron chi connectivity index (χ1n) is 6.43. The molecule has 1 unspecified atom stereocenters. The van der Waals surface area contributed by atoms with Crippen LogP contribution in [0.4, 0.5) is 0 Å². The predicted molar refractivity (Wildman–Crippen MR) is 63.7 cm³/mol. The van der Waals surface area contributed by atoms with Gasteiger partial charge in [-0.1, -0.05) is 12.1 Å². The maximum Gasteiger partial charge on any atom is 0.240 e. The van der Waals surface area contributed by atoms with Crippen molar-refractivity contribution in [3.63, 3.8) is 0 Å². The maximum atomic E-state index is 5.32. The molecule has 0 bridgehead atoms. The fourth-order valence-corrected chi connectivity index (χ4v) is 1.87. The summed E-state index contributed by atoms with van der Waals surface area (Å²) < 4.78 is 10.6. The van der Waals surface area contributed by atoms with Crippen LogP contribution >= 0.6 is 0 Å². The Balaban J connectivity index is 1.86. The molecule has 0 radical (unpaired) electrons. The molecular formula is C12H21N3O2. The number of aromatic nitrogens is 2. The van der Waals surface area contributed by atoms with Gasteiger partial charge in [0.1, 0.15) is 0 Å². The predicted octanol–water partition coefficient (Wildman–Crippen LogP) is 1.85. The van der Waals surface area contributed by atoms with E-state index in [0.29, 0.717) is 24.4 Å². The molecule has 0 saturated carbocycles. The molecule has 0 aliphatic carbocycles. The molecule has 0 aromatic carbocycles. The highest BCUT2D eigenvalue weighted by Crippen LogP contribution is 2.24. The molecular weight excluding hydrogens is 218 g/mol. The van der Waals surface area contributed by atoms with Gasteiger partial charge in [-0.15, -0.1) is 0 Å². The van der Waals surface area contributed by atoms with Crippen LogP contribution in [0.25, 0.3) is 0 Å². The van der Waals surface area contributed by atoms with E-state index in [-0.39, 0.29) is 0 Å². The summed E-state index contributed by atoms with van der Waals surface area (Å²) in [4.78, 5) is 4.44. The largest absolute Gasteiger partial charge is 0.381 e. The zero-order valence-electron chi connectivity index (χ0n) is 10.6. The smallest absolute Gasteiger partial charge is 0.240 e. The van der Waals surface area contributed by atoms with E-state index in [1.165, 1.54) is 0 Å². The minimum absolute atomic E-state index is 0.407. The van der Waals surface area contributed by atoms with E-state index in [2.05, 4.69) is 29.3 Å². The monoisotopic (exact) mass is 239 g/mol. The first-order chi connectivity index (χ1) is 8.29. The molecule has 17 heavy (non-hydrogen) atoms. The van der Waals surface area contributed by atoms with Crippen LogP contribution in [0.15, 0.2) is 4.52 Å². The molecule has 1 aliphatic rings. The molecule has 1 aromatic heterocycles. The molecule has 2 rings (SSSR count). The summed E-state index contributed by atoms with van der Waals surface area (Å²) in [5, 5.41) is 7.41. The van der Waals surface area contributed by atoms with Crippen molar-refractivity contribution in [2.45, 2.75) is 51.6 Å². The number of nitrogens with one attached hydrogen (secondary N) is 1. The number of ether oxygens (including phenoxy) is 1. The van der Waals surface area contributed by atoms with Gasteiger partial charge in [-0.2, -0.15) is 4.98 Å². The third-order valence-electron chi connectivity index (χ3n) is 3.28. The molecule has 96 valence electrons. The van der Waals surface area contributed by atoms with Gasteiger partial charge in [-0.05, 0) is 26.2 Å². The van der Waals surface area contributed by atoms with Crippen LogP contribution in [0.1, 0.15) is 50.7 Å². The summed E-state index contributed by atoms with van der Waals surface area (Å²) in [5.41, 5.74) is 0. The van der Waals surface area contributed by atoms with Gasteiger partial charge in [0.15, 0.2) is 5.82 Å². The van der Waals surface area contributed by atoms with E-state index < -0.39 is 0 Å². The van der Waals surface area contributed by atoms with Gasteiger partial charge in [0.2, 0.25) is 5.89 Å². The second-order valence-corrected chi connectivity index (χ2v) is 4.62. The summed E-state index contributed by atoms with van der Waals surface area (Å²) in [7, 11) is 0. The second kappa shape index (κ2) is 6.12. The Bertz CT molecular complexity index is 334. The van der Waals surface area contributed by atoms with Crippen molar-refractivity contribution >= 4 is 0 Å². The standard InChI is InChI=1S/C12H21N3O2/c1-3-9(2)13-8-11-14-12(15-17-11)10-4-6-16-7-5-10/h9-10,13H,3-8H2,1-2H3.